The molecule has 1 heterocycles. The third-order valence-corrected chi connectivity index (χ3v) is 4.99. The van der Waals surface area contributed by atoms with Gasteiger partial charge in [-0.1, -0.05) is 19.3 Å². The number of hydrogen-bond donors (Lipinski definition) is 3. The highest BCUT2D eigenvalue weighted by Gasteiger charge is 2.17. The molecule has 8 heteroatoms. The van der Waals surface area contributed by atoms with E-state index in [4.69, 9.17) is 0 Å². The molecule has 1 aromatic carbocycles. The van der Waals surface area contributed by atoms with Gasteiger partial charge < -0.3 is 10.6 Å². The van der Waals surface area contributed by atoms with Gasteiger partial charge in [-0.05, 0) is 37.1 Å². The number of amides is 3. The fourth-order valence-electron chi connectivity index (χ4n) is 2.93. The summed E-state index contributed by atoms with van der Waals surface area (Å²) < 4.78 is 12.9. The second-order valence-corrected chi connectivity index (χ2v) is 7.17. The van der Waals surface area contributed by atoms with E-state index in [1.165, 1.54) is 54.9 Å². The molecule has 1 aromatic heterocycles. The first-order valence-corrected chi connectivity index (χ1v) is 9.54. The largest absolute Gasteiger partial charge is 0.353 e. The zero-order chi connectivity index (χ0) is 18.4. The number of hydrogen-bond acceptors (Lipinski definition) is 4. The number of aromatic nitrogens is 1. The minimum atomic E-state index is -0.468. The molecule has 138 valence electrons. The van der Waals surface area contributed by atoms with Crippen LogP contribution in [0.25, 0.3) is 0 Å². The maximum atomic E-state index is 12.9. The van der Waals surface area contributed by atoms with Crippen LogP contribution in [0.15, 0.2) is 29.6 Å². The van der Waals surface area contributed by atoms with Gasteiger partial charge in [0.2, 0.25) is 5.91 Å². The lowest BCUT2D eigenvalue weighted by Crippen LogP contribution is -2.37. The van der Waals surface area contributed by atoms with Crippen molar-refractivity contribution in [2.75, 3.05) is 10.6 Å². The van der Waals surface area contributed by atoms with Crippen molar-refractivity contribution in [3.8, 4) is 0 Å². The minimum absolute atomic E-state index is 0.0375. The summed E-state index contributed by atoms with van der Waals surface area (Å²) in [5, 5.41) is 10.4. The molecular formula is C18H21FN4O2S. The number of carbonyl (C=O) groups is 2. The number of rotatable bonds is 5. The predicted molar refractivity (Wildman–Crippen MR) is 99.9 cm³/mol. The van der Waals surface area contributed by atoms with E-state index in [0.717, 1.165) is 12.8 Å². The molecule has 1 saturated carbocycles. The van der Waals surface area contributed by atoms with E-state index in [2.05, 4.69) is 20.9 Å². The van der Waals surface area contributed by atoms with Crippen molar-refractivity contribution < 1.29 is 14.0 Å². The predicted octanol–water partition coefficient (Wildman–Crippen LogP) is 3.92. The van der Waals surface area contributed by atoms with Gasteiger partial charge in [0.05, 0.1) is 12.1 Å². The Morgan fingerprint density at radius 1 is 1.12 bits per heavy atom. The summed E-state index contributed by atoms with van der Waals surface area (Å²) >= 11 is 1.26. The number of carbonyl (C=O) groups excluding carboxylic acids is 2. The van der Waals surface area contributed by atoms with Crippen LogP contribution in [0.3, 0.4) is 0 Å². The van der Waals surface area contributed by atoms with Crippen LogP contribution < -0.4 is 16.0 Å². The molecule has 3 amide bonds. The van der Waals surface area contributed by atoms with Gasteiger partial charge in [-0.3, -0.25) is 10.1 Å². The Bertz CT molecular complexity index is 757. The van der Waals surface area contributed by atoms with E-state index in [1.54, 1.807) is 5.38 Å². The fourth-order valence-corrected chi connectivity index (χ4v) is 3.63. The Morgan fingerprint density at radius 3 is 2.58 bits per heavy atom. The molecule has 0 aliphatic heterocycles. The van der Waals surface area contributed by atoms with E-state index >= 15 is 0 Å². The third-order valence-electron chi connectivity index (χ3n) is 4.19. The van der Waals surface area contributed by atoms with Crippen molar-refractivity contribution in [1.82, 2.24) is 10.3 Å². The van der Waals surface area contributed by atoms with Crippen LogP contribution in [0.4, 0.5) is 20.0 Å². The molecule has 0 spiro atoms. The van der Waals surface area contributed by atoms with E-state index < -0.39 is 6.03 Å². The molecule has 6 nitrogen and oxygen atoms in total. The smallest absolute Gasteiger partial charge is 0.325 e. The summed E-state index contributed by atoms with van der Waals surface area (Å²) in [4.78, 5) is 28.3. The Hall–Kier alpha value is -2.48. The van der Waals surface area contributed by atoms with E-state index in [-0.39, 0.29) is 24.2 Å². The van der Waals surface area contributed by atoms with Crippen molar-refractivity contribution in [2.45, 2.75) is 44.6 Å². The topological polar surface area (TPSA) is 83.1 Å². The summed E-state index contributed by atoms with van der Waals surface area (Å²) in [5.74, 6) is -0.406. The number of benzene rings is 1. The van der Waals surface area contributed by atoms with Crippen molar-refractivity contribution in [3.05, 3.63) is 41.2 Å². The van der Waals surface area contributed by atoms with Gasteiger partial charge in [0.15, 0.2) is 5.13 Å². The normalized spacial score (nSPS) is 14.7. The maximum absolute atomic E-state index is 12.9. The number of urea groups is 1. The molecule has 26 heavy (non-hydrogen) atoms. The van der Waals surface area contributed by atoms with Crippen LogP contribution in [-0.2, 0) is 11.2 Å². The summed E-state index contributed by atoms with van der Waals surface area (Å²) in [6, 6.07) is 5.28. The molecule has 3 N–H and O–H groups in total. The average molecular weight is 376 g/mol. The molecule has 0 atom stereocenters. The first-order valence-electron chi connectivity index (χ1n) is 8.66. The van der Waals surface area contributed by atoms with Crippen molar-refractivity contribution >= 4 is 34.1 Å². The summed E-state index contributed by atoms with van der Waals surface area (Å²) in [5.41, 5.74) is 1.10. The molecule has 1 aliphatic rings. The second kappa shape index (κ2) is 8.75. The standard InChI is InChI=1S/C18H21FN4O2S/c19-12-6-8-14(9-7-12)21-17(25)23-18-22-15(11-26-18)10-16(24)20-13-4-2-1-3-5-13/h6-9,11,13H,1-5,10H2,(H,20,24)(H2,21,22,23,25). The van der Waals surface area contributed by atoms with Crippen molar-refractivity contribution in [1.29, 1.82) is 0 Å². The third kappa shape index (κ3) is 5.52. The molecule has 1 aliphatic carbocycles. The highest BCUT2D eigenvalue weighted by molar-refractivity contribution is 7.14. The number of anilines is 2. The van der Waals surface area contributed by atoms with Gasteiger partial charge in [0.25, 0.3) is 0 Å². The lowest BCUT2D eigenvalue weighted by Gasteiger charge is -2.22. The number of thiazole rings is 1. The molecule has 0 saturated heterocycles. The molecule has 1 fully saturated rings. The number of halogens is 1. The Labute approximate surface area is 155 Å². The first-order chi connectivity index (χ1) is 12.6. The molecular weight excluding hydrogens is 355 g/mol. The molecule has 0 bridgehead atoms. The second-order valence-electron chi connectivity index (χ2n) is 6.31. The zero-order valence-electron chi connectivity index (χ0n) is 14.3. The molecule has 0 radical (unpaired) electrons. The van der Waals surface area contributed by atoms with E-state index in [9.17, 15) is 14.0 Å². The summed E-state index contributed by atoms with van der Waals surface area (Å²) in [6.07, 6.45) is 5.86. The minimum Gasteiger partial charge on any atom is -0.353 e. The van der Waals surface area contributed by atoms with Gasteiger partial charge in [-0.2, -0.15) is 0 Å². The fraction of sp³-hybridized carbons (Fsp3) is 0.389. The van der Waals surface area contributed by atoms with Gasteiger partial charge >= 0.3 is 6.03 Å². The summed E-state index contributed by atoms with van der Waals surface area (Å²) in [7, 11) is 0. The van der Waals surface area contributed by atoms with Crippen LogP contribution in [0, 0.1) is 5.82 Å². The Morgan fingerprint density at radius 2 is 1.85 bits per heavy atom. The van der Waals surface area contributed by atoms with Gasteiger partial charge in [-0.15, -0.1) is 11.3 Å². The maximum Gasteiger partial charge on any atom is 0.325 e. The molecule has 2 aromatic rings. The highest BCUT2D eigenvalue weighted by Crippen LogP contribution is 2.19. The van der Waals surface area contributed by atoms with Crippen LogP contribution in [0.5, 0.6) is 0 Å². The van der Waals surface area contributed by atoms with Crippen LogP contribution in [0.2, 0.25) is 0 Å². The highest BCUT2D eigenvalue weighted by atomic mass is 32.1. The number of nitrogens with zero attached hydrogens (tertiary/aromatic N) is 1. The monoisotopic (exact) mass is 376 g/mol. The van der Waals surface area contributed by atoms with Crippen molar-refractivity contribution in [3.63, 3.8) is 0 Å². The van der Waals surface area contributed by atoms with E-state index in [1.807, 2.05) is 0 Å². The van der Waals surface area contributed by atoms with Gasteiger partial charge in [-0.25, -0.2) is 14.2 Å². The molecule has 0 unspecified atom stereocenters. The van der Waals surface area contributed by atoms with Crippen LogP contribution in [-0.4, -0.2) is 23.0 Å². The Kier molecular flexibility index (Phi) is 6.17. The average Bonchev–Trinajstić information content (AvgIpc) is 3.04. The zero-order valence-corrected chi connectivity index (χ0v) is 15.1. The Balaban J connectivity index is 1.46. The van der Waals surface area contributed by atoms with Gasteiger partial charge in [0, 0.05) is 17.1 Å². The lowest BCUT2D eigenvalue weighted by atomic mass is 9.95. The van der Waals surface area contributed by atoms with Crippen LogP contribution >= 0.6 is 11.3 Å². The van der Waals surface area contributed by atoms with E-state index in [0.29, 0.717) is 16.5 Å². The lowest BCUT2D eigenvalue weighted by molar-refractivity contribution is -0.121. The number of nitrogens with one attached hydrogen (secondary N) is 3. The molecule has 3 rings (SSSR count). The van der Waals surface area contributed by atoms with Crippen molar-refractivity contribution in [2.24, 2.45) is 0 Å². The van der Waals surface area contributed by atoms with Crippen LogP contribution in [0.1, 0.15) is 37.8 Å². The quantitative estimate of drug-likeness (QED) is 0.740. The SMILES string of the molecule is O=C(Cc1csc(NC(=O)Nc2ccc(F)cc2)n1)NC1CCCCC1. The van der Waals surface area contributed by atoms with Gasteiger partial charge in [0.1, 0.15) is 5.82 Å². The summed E-state index contributed by atoms with van der Waals surface area (Å²) in [6.45, 7) is 0. The first kappa shape index (κ1) is 18.3.